The average Bonchev–Trinajstić information content (AvgIpc) is 2.81. The fourth-order valence-corrected chi connectivity index (χ4v) is 4.35. The van der Waals surface area contributed by atoms with Crippen LogP contribution in [0.4, 0.5) is 16.2 Å². The summed E-state index contributed by atoms with van der Waals surface area (Å²) in [7, 11) is 1.48. The van der Waals surface area contributed by atoms with Gasteiger partial charge in [0.2, 0.25) is 5.95 Å². The first kappa shape index (κ1) is 23.1. The third-order valence-electron chi connectivity index (χ3n) is 6.09. The summed E-state index contributed by atoms with van der Waals surface area (Å²) in [5, 5.41) is 0. The predicted molar refractivity (Wildman–Crippen MR) is 119 cm³/mol. The molecule has 0 aromatic carbocycles. The Kier molecular flexibility index (Phi) is 8.70. The first-order valence-electron chi connectivity index (χ1n) is 10.9. The molecule has 4 heterocycles. The van der Waals surface area contributed by atoms with Crippen LogP contribution in [0.15, 0.2) is 30.7 Å². The van der Waals surface area contributed by atoms with Gasteiger partial charge in [-0.25, -0.2) is 19.3 Å². The second-order valence-corrected chi connectivity index (χ2v) is 8.17. The molecular weight excluding hydrogens is 397 g/mol. The van der Waals surface area contributed by atoms with Gasteiger partial charge in [-0.05, 0) is 56.1 Å². The number of nitrogens with zero attached hydrogens (tertiary/aromatic N) is 5. The molecule has 0 aliphatic carbocycles. The highest BCUT2D eigenvalue weighted by atomic mass is 19.1. The number of carbonyl (C=O) groups is 1. The van der Waals surface area contributed by atoms with E-state index in [9.17, 15) is 9.18 Å². The van der Waals surface area contributed by atoms with Crippen LogP contribution in [0.25, 0.3) is 0 Å². The standard InChI is InChI=1S/C20H26FN5.C3H6O2/c1-15-2-3-19(22-12-15)25-8-4-16(5-9-25)17-6-10-26(11-7-17)20-23-13-18(21)14-24-20;1-5-3-2-4/h2-3,12-14,16-17H,4-11H2,1H3;2H,3H2,1H3. The maximum absolute atomic E-state index is 13.0. The molecule has 2 fully saturated rings. The largest absolute Gasteiger partial charge is 0.377 e. The SMILES string of the molecule is COCC=O.Cc1ccc(N2CCC(C3CCN(c4ncc(F)cn4)CC3)CC2)nc1. The molecule has 0 bridgehead atoms. The van der Waals surface area contributed by atoms with Crippen molar-refractivity contribution in [2.24, 2.45) is 11.8 Å². The van der Waals surface area contributed by atoms with Gasteiger partial charge in [-0.3, -0.25) is 0 Å². The number of hydrogen-bond donors (Lipinski definition) is 0. The van der Waals surface area contributed by atoms with E-state index in [0.29, 0.717) is 12.2 Å². The third kappa shape index (κ3) is 6.69. The summed E-state index contributed by atoms with van der Waals surface area (Å²) >= 11 is 0. The average molecular weight is 430 g/mol. The van der Waals surface area contributed by atoms with Crippen molar-refractivity contribution in [3.8, 4) is 0 Å². The van der Waals surface area contributed by atoms with E-state index in [1.807, 2.05) is 6.20 Å². The number of rotatable bonds is 5. The van der Waals surface area contributed by atoms with Gasteiger partial charge >= 0.3 is 0 Å². The zero-order valence-electron chi connectivity index (χ0n) is 18.4. The number of carbonyl (C=O) groups excluding carboxylic acids is 1. The van der Waals surface area contributed by atoms with Crippen LogP contribution in [-0.2, 0) is 9.53 Å². The highest BCUT2D eigenvalue weighted by Gasteiger charge is 2.30. The molecule has 0 unspecified atom stereocenters. The molecule has 2 saturated heterocycles. The van der Waals surface area contributed by atoms with Gasteiger partial charge in [0.1, 0.15) is 18.7 Å². The van der Waals surface area contributed by atoms with E-state index in [1.54, 1.807) is 0 Å². The van der Waals surface area contributed by atoms with Gasteiger partial charge in [0.05, 0.1) is 12.4 Å². The molecular formula is C23H32FN5O2. The zero-order valence-corrected chi connectivity index (χ0v) is 18.4. The molecule has 31 heavy (non-hydrogen) atoms. The highest BCUT2D eigenvalue weighted by Crippen LogP contribution is 2.34. The van der Waals surface area contributed by atoms with Crippen molar-refractivity contribution in [2.45, 2.75) is 32.6 Å². The van der Waals surface area contributed by atoms with Gasteiger partial charge in [-0.15, -0.1) is 0 Å². The Morgan fingerprint density at radius 1 is 0.968 bits per heavy atom. The Balaban J connectivity index is 0.000000491. The van der Waals surface area contributed by atoms with Crippen molar-refractivity contribution in [2.75, 3.05) is 49.7 Å². The Bertz CT molecular complexity index is 723. The van der Waals surface area contributed by atoms with Crippen molar-refractivity contribution in [3.63, 3.8) is 0 Å². The lowest BCUT2D eigenvalue weighted by Gasteiger charge is -2.40. The minimum Gasteiger partial charge on any atom is -0.377 e. The zero-order chi connectivity index (χ0) is 22.1. The van der Waals surface area contributed by atoms with Crippen LogP contribution in [0, 0.1) is 24.6 Å². The summed E-state index contributed by atoms with van der Waals surface area (Å²) in [6.45, 7) is 6.42. The van der Waals surface area contributed by atoms with E-state index in [1.165, 1.54) is 50.8 Å². The fourth-order valence-electron chi connectivity index (χ4n) is 4.35. The molecule has 7 nitrogen and oxygen atoms in total. The van der Waals surface area contributed by atoms with E-state index >= 15 is 0 Å². The van der Waals surface area contributed by atoms with Crippen LogP contribution in [-0.4, -0.2) is 61.1 Å². The predicted octanol–water partition coefficient (Wildman–Crippen LogP) is 3.28. The molecule has 0 amide bonds. The Morgan fingerprint density at radius 3 is 2.00 bits per heavy atom. The minimum atomic E-state index is -0.376. The monoisotopic (exact) mass is 429 g/mol. The molecule has 2 aromatic rings. The Morgan fingerprint density at radius 2 is 1.55 bits per heavy atom. The molecule has 2 aromatic heterocycles. The number of methoxy groups -OCH3 is 1. The van der Waals surface area contributed by atoms with Gasteiger partial charge in [-0.2, -0.15) is 0 Å². The van der Waals surface area contributed by atoms with Crippen LogP contribution in [0.1, 0.15) is 31.2 Å². The normalized spacial score (nSPS) is 17.8. The number of anilines is 2. The molecule has 0 radical (unpaired) electrons. The summed E-state index contributed by atoms with van der Waals surface area (Å²) < 4.78 is 17.3. The van der Waals surface area contributed by atoms with Crippen molar-refractivity contribution < 1.29 is 13.9 Å². The third-order valence-corrected chi connectivity index (χ3v) is 6.09. The first-order chi connectivity index (χ1) is 15.1. The van der Waals surface area contributed by atoms with E-state index in [2.05, 4.69) is 48.5 Å². The van der Waals surface area contributed by atoms with E-state index < -0.39 is 0 Å². The Labute approximate surface area is 183 Å². The molecule has 2 aliphatic heterocycles. The summed E-state index contributed by atoms with van der Waals surface area (Å²) in [6.07, 6.45) is 10.0. The summed E-state index contributed by atoms with van der Waals surface area (Å²) in [5.41, 5.74) is 1.21. The second kappa shape index (κ2) is 11.7. The van der Waals surface area contributed by atoms with Crippen LogP contribution >= 0.6 is 0 Å². The Hall–Kier alpha value is -2.61. The van der Waals surface area contributed by atoms with Crippen molar-refractivity contribution in [3.05, 3.63) is 42.1 Å². The van der Waals surface area contributed by atoms with E-state index in [-0.39, 0.29) is 12.4 Å². The number of aromatic nitrogens is 3. The molecule has 168 valence electrons. The van der Waals surface area contributed by atoms with E-state index in [4.69, 9.17) is 0 Å². The van der Waals surface area contributed by atoms with Crippen molar-refractivity contribution >= 4 is 18.1 Å². The molecule has 4 rings (SSSR count). The van der Waals surface area contributed by atoms with Crippen molar-refractivity contribution in [1.82, 2.24) is 15.0 Å². The number of aryl methyl sites for hydroxylation is 1. The summed E-state index contributed by atoms with van der Waals surface area (Å²) in [6, 6.07) is 4.28. The highest BCUT2D eigenvalue weighted by molar-refractivity contribution is 5.50. The fraction of sp³-hybridized carbons (Fsp3) is 0.565. The second-order valence-electron chi connectivity index (χ2n) is 8.17. The van der Waals surface area contributed by atoms with Gasteiger partial charge in [0, 0.05) is 39.5 Å². The van der Waals surface area contributed by atoms with Crippen LogP contribution in [0.2, 0.25) is 0 Å². The lowest BCUT2D eigenvalue weighted by Crippen LogP contribution is -2.41. The quantitative estimate of drug-likeness (QED) is 0.676. The number of aldehydes is 1. The van der Waals surface area contributed by atoms with Gasteiger partial charge < -0.3 is 19.3 Å². The van der Waals surface area contributed by atoms with Crippen LogP contribution < -0.4 is 9.80 Å². The molecule has 0 saturated carbocycles. The lowest BCUT2D eigenvalue weighted by atomic mass is 9.79. The first-order valence-corrected chi connectivity index (χ1v) is 10.9. The smallest absolute Gasteiger partial charge is 0.225 e. The topological polar surface area (TPSA) is 71.5 Å². The number of halogens is 1. The van der Waals surface area contributed by atoms with Crippen LogP contribution in [0.3, 0.4) is 0 Å². The van der Waals surface area contributed by atoms with Gasteiger partial charge in [-0.1, -0.05) is 6.07 Å². The number of hydrogen-bond acceptors (Lipinski definition) is 7. The summed E-state index contributed by atoms with van der Waals surface area (Å²) in [4.78, 5) is 26.7. The van der Waals surface area contributed by atoms with Gasteiger partial charge in [0.15, 0.2) is 5.82 Å². The lowest BCUT2D eigenvalue weighted by molar-refractivity contribution is -0.110. The number of ether oxygens (including phenoxy) is 1. The number of piperidine rings is 2. The molecule has 2 aliphatic rings. The molecule has 0 N–H and O–H groups in total. The van der Waals surface area contributed by atoms with Crippen molar-refractivity contribution in [1.29, 1.82) is 0 Å². The van der Waals surface area contributed by atoms with Crippen LogP contribution in [0.5, 0.6) is 0 Å². The van der Waals surface area contributed by atoms with Gasteiger partial charge in [0.25, 0.3) is 0 Å². The molecule has 0 spiro atoms. The minimum absolute atomic E-state index is 0.208. The summed E-state index contributed by atoms with van der Waals surface area (Å²) in [5.74, 6) is 2.97. The molecule has 8 heteroatoms. The molecule has 0 atom stereocenters. The van der Waals surface area contributed by atoms with E-state index in [0.717, 1.165) is 43.8 Å². The maximum atomic E-state index is 13.0. The number of pyridine rings is 1. The maximum Gasteiger partial charge on any atom is 0.225 e.